The van der Waals surface area contributed by atoms with Crippen LogP contribution in [0.1, 0.15) is 44.6 Å². The highest BCUT2D eigenvalue weighted by Crippen LogP contribution is 2.27. The zero-order chi connectivity index (χ0) is 13.7. The van der Waals surface area contributed by atoms with E-state index in [0.717, 1.165) is 19.1 Å². The summed E-state index contributed by atoms with van der Waals surface area (Å²) in [6.45, 7) is 4.37. The molecule has 0 amide bonds. The molecule has 0 spiro atoms. The third-order valence-corrected chi connectivity index (χ3v) is 4.33. The van der Waals surface area contributed by atoms with Crippen LogP contribution in [0.4, 0.5) is 5.69 Å². The molecule has 3 heteroatoms. The third kappa shape index (κ3) is 4.81. The Morgan fingerprint density at radius 2 is 2.11 bits per heavy atom. The number of nitrogens with zero attached hydrogens (tertiary/aromatic N) is 1. The minimum atomic E-state index is 0.773. The minimum absolute atomic E-state index is 0.773. The van der Waals surface area contributed by atoms with Crippen LogP contribution in [0.25, 0.3) is 0 Å². The topological polar surface area (TPSA) is 15.3 Å². The molecule has 0 aliphatic heterocycles. The van der Waals surface area contributed by atoms with Gasteiger partial charge in [0.05, 0.1) is 5.69 Å². The molecule has 0 saturated heterocycles. The van der Waals surface area contributed by atoms with Gasteiger partial charge in [0.2, 0.25) is 0 Å². The summed E-state index contributed by atoms with van der Waals surface area (Å²) >= 11 is 3.71. The molecule has 2 rings (SSSR count). The highest BCUT2D eigenvalue weighted by molar-refractivity contribution is 9.10. The van der Waals surface area contributed by atoms with Crippen LogP contribution in [0.5, 0.6) is 0 Å². The van der Waals surface area contributed by atoms with E-state index in [4.69, 9.17) is 0 Å². The molecular weight excluding hydrogens is 300 g/mol. The number of hydrogen-bond acceptors (Lipinski definition) is 2. The lowest BCUT2D eigenvalue weighted by Crippen LogP contribution is -2.19. The summed E-state index contributed by atoms with van der Waals surface area (Å²) in [4.78, 5) is 2.35. The molecule has 106 valence electrons. The highest BCUT2D eigenvalue weighted by Gasteiger charge is 2.20. The van der Waals surface area contributed by atoms with Gasteiger partial charge in [-0.15, -0.1) is 0 Å². The number of benzene rings is 1. The molecule has 1 N–H and O–H groups in total. The molecule has 1 saturated carbocycles. The van der Waals surface area contributed by atoms with Crippen molar-refractivity contribution in [2.45, 2.75) is 51.6 Å². The van der Waals surface area contributed by atoms with Crippen molar-refractivity contribution in [3.8, 4) is 0 Å². The maximum atomic E-state index is 3.71. The van der Waals surface area contributed by atoms with Crippen molar-refractivity contribution in [3.63, 3.8) is 0 Å². The van der Waals surface area contributed by atoms with Gasteiger partial charge in [0.15, 0.2) is 0 Å². The smallest absolute Gasteiger partial charge is 0.0508 e. The van der Waals surface area contributed by atoms with Crippen molar-refractivity contribution < 1.29 is 0 Å². The second-order valence-corrected chi connectivity index (χ2v) is 6.42. The summed E-state index contributed by atoms with van der Waals surface area (Å²) in [5.41, 5.74) is 2.66. The van der Waals surface area contributed by atoms with Crippen molar-refractivity contribution in [3.05, 3.63) is 28.2 Å². The van der Waals surface area contributed by atoms with Gasteiger partial charge in [0.25, 0.3) is 0 Å². The maximum absolute atomic E-state index is 3.71. The van der Waals surface area contributed by atoms with E-state index in [1.807, 2.05) is 0 Å². The highest BCUT2D eigenvalue weighted by atomic mass is 79.9. The van der Waals surface area contributed by atoms with Crippen LogP contribution in [0.3, 0.4) is 0 Å². The zero-order valence-electron chi connectivity index (χ0n) is 12.1. The van der Waals surface area contributed by atoms with Crippen molar-refractivity contribution in [1.29, 1.82) is 0 Å². The van der Waals surface area contributed by atoms with Crippen LogP contribution in [0.2, 0.25) is 0 Å². The summed E-state index contributed by atoms with van der Waals surface area (Å²) in [5.74, 6) is 0. The summed E-state index contributed by atoms with van der Waals surface area (Å²) in [6, 6.07) is 7.50. The summed E-state index contributed by atoms with van der Waals surface area (Å²) in [6.07, 6.45) is 6.55. The Labute approximate surface area is 125 Å². The number of hydrogen-bond donors (Lipinski definition) is 1. The molecule has 0 heterocycles. The molecule has 0 unspecified atom stereocenters. The van der Waals surface area contributed by atoms with E-state index < -0.39 is 0 Å². The minimum Gasteiger partial charge on any atom is -0.374 e. The zero-order valence-corrected chi connectivity index (χ0v) is 13.7. The van der Waals surface area contributed by atoms with Crippen molar-refractivity contribution >= 4 is 21.6 Å². The van der Waals surface area contributed by atoms with Crippen LogP contribution in [-0.2, 0) is 6.54 Å². The Bertz CT molecular complexity index is 402. The predicted molar refractivity (Wildman–Crippen MR) is 86.8 cm³/mol. The second kappa shape index (κ2) is 7.30. The first-order valence-electron chi connectivity index (χ1n) is 7.43. The first kappa shape index (κ1) is 14.9. The summed E-state index contributed by atoms with van der Waals surface area (Å²) in [5, 5.41) is 3.56. The molecule has 19 heavy (non-hydrogen) atoms. The standard InChI is InChI=1S/C16H25BrN2/c1-3-4-5-10-19(2)16-9-6-13(11-15(16)17)12-18-14-7-8-14/h6,9,11,14,18H,3-5,7-8,10,12H2,1-2H3. The average Bonchev–Trinajstić information content (AvgIpc) is 3.20. The number of anilines is 1. The summed E-state index contributed by atoms with van der Waals surface area (Å²) in [7, 11) is 2.18. The molecule has 1 fully saturated rings. The Balaban J connectivity index is 1.89. The SMILES string of the molecule is CCCCCN(C)c1ccc(CNC2CC2)cc1Br. The van der Waals surface area contributed by atoms with Gasteiger partial charge < -0.3 is 10.2 Å². The average molecular weight is 325 g/mol. The first-order chi connectivity index (χ1) is 9.20. The van der Waals surface area contributed by atoms with Gasteiger partial charge in [-0.25, -0.2) is 0 Å². The summed E-state index contributed by atoms with van der Waals surface area (Å²) < 4.78 is 1.21. The molecule has 1 aromatic carbocycles. The van der Waals surface area contributed by atoms with Gasteiger partial charge in [-0.05, 0) is 52.9 Å². The van der Waals surface area contributed by atoms with E-state index in [-0.39, 0.29) is 0 Å². The van der Waals surface area contributed by atoms with Gasteiger partial charge in [0, 0.05) is 30.7 Å². The fraction of sp³-hybridized carbons (Fsp3) is 0.625. The second-order valence-electron chi connectivity index (χ2n) is 5.57. The van der Waals surface area contributed by atoms with Gasteiger partial charge >= 0.3 is 0 Å². The quantitative estimate of drug-likeness (QED) is 0.716. The van der Waals surface area contributed by atoms with Crippen molar-refractivity contribution in [1.82, 2.24) is 5.32 Å². The van der Waals surface area contributed by atoms with Gasteiger partial charge in [-0.2, -0.15) is 0 Å². The van der Waals surface area contributed by atoms with E-state index in [1.54, 1.807) is 0 Å². The molecule has 1 aromatic rings. The Morgan fingerprint density at radius 1 is 1.32 bits per heavy atom. The van der Waals surface area contributed by atoms with Crippen LogP contribution in [0.15, 0.2) is 22.7 Å². The Kier molecular flexibility index (Phi) is 5.71. The predicted octanol–water partition coefficient (Wildman–Crippen LogP) is 4.33. The molecule has 2 nitrogen and oxygen atoms in total. The van der Waals surface area contributed by atoms with Gasteiger partial charge in [0.1, 0.15) is 0 Å². The van der Waals surface area contributed by atoms with Crippen LogP contribution < -0.4 is 10.2 Å². The molecule has 1 aliphatic carbocycles. The normalized spacial score (nSPS) is 14.7. The van der Waals surface area contributed by atoms with E-state index in [9.17, 15) is 0 Å². The maximum Gasteiger partial charge on any atom is 0.0508 e. The Morgan fingerprint density at radius 3 is 2.74 bits per heavy atom. The fourth-order valence-corrected chi connectivity index (χ4v) is 2.97. The van der Waals surface area contributed by atoms with Gasteiger partial charge in [-0.3, -0.25) is 0 Å². The molecule has 0 atom stereocenters. The molecular formula is C16H25BrN2. The van der Waals surface area contributed by atoms with E-state index >= 15 is 0 Å². The van der Waals surface area contributed by atoms with Crippen LogP contribution >= 0.6 is 15.9 Å². The monoisotopic (exact) mass is 324 g/mol. The number of halogens is 1. The molecule has 0 bridgehead atoms. The molecule has 0 aromatic heterocycles. The third-order valence-electron chi connectivity index (χ3n) is 3.69. The lowest BCUT2D eigenvalue weighted by molar-refractivity contribution is 0.686. The lowest BCUT2D eigenvalue weighted by atomic mass is 10.2. The number of rotatable bonds is 8. The Hall–Kier alpha value is -0.540. The molecule has 1 aliphatic rings. The number of unbranched alkanes of at least 4 members (excludes halogenated alkanes) is 2. The fourth-order valence-electron chi connectivity index (χ4n) is 2.24. The largest absolute Gasteiger partial charge is 0.374 e. The van der Waals surface area contributed by atoms with Gasteiger partial charge in [-0.1, -0.05) is 25.8 Å². The first-order valence-corrected chi connectivity index (χ1v) is 8.23. The lowest BCUT2D eigenvalue weighted by Gasteiger charge is -2.21. The van der Waals surface area contributed by atoms with Crippen LogP contribution in [0, 0.1) is 0 Å². The molecule has 0 radical (unpaired) electrons. The van der Waals surface area contributed by atoms with Crippen molar-refractivity contribution in [2.75, 3.05) is 18.5 Å². The number of nitrogens with one attached hydrogen (secondary N) is 1. The van der Waals surface area contributed by atoms with Crippen LogP contribution in [-0.4, -0.2) is 19.6 Å². The van der Waals surface area contributed by atoms with Crippen molar-refractivity contribution in [2.24, 2.45) is 0 Å². The van der Waals surface area contributed by atoms with E-state index in [0.29, 0.717) is 0 Å². The van der Waals surface area contributed by atoms with E-state index in [2.05, 4.69) is 58.3 Å². The van der Waals surface area contributed by atoms with E-state index in [1.165, 1.54) is 47.8 Å².